The van der Waals surface area contributed by atoms with Crippen LogP contribution in [0.1, 0.15) is 19.3 Å². The van der Waals surface area contributed by atoms with Crippen molar-refractivity contribution < 1.29 is 23.5 Å². The van der Waals surface area contributed by atoms with Crippen molar-refractivity contribution in [1.29, 1.82) is 0 Å². The highest BCUT2D eigenvalue weighted by Crippen LogP contribution is 2.31. The summed E-state index contributed by atoms with van der Waals surface area (Å²) in [4.78, 5) is 23.5. The van der Waals surface area contributed by atoms with Crippen LogP contribution in [-0.4, -0.2) is 11.9 Å². The number of carbonyl (C=O) groups excluding carboxylic acids is 2. The minimum atomic E-state index is -0.542. The van der Waals surface area contributed by atoms with E-state index in [1.165, 1.54) is 24.3 Å². The standard InChI is InChI=1S/C17H12BrCl2FO4/c18-11-9-10(21)7-8-13(11)24-15(22)5-2-6-16(23)25-14-4-1-3-12(19)17(14)20/h1,3-4,7-9H,2,5-6H2. The van der Waals surface area contributed by atoms with Gasteiger partial charge in [-0.25, -0.2) is 4.39 Å². The minimum Gasteiger partial charge on any atom is -0.425 e. The molecule has 0 heterocycles. The summed E-state index contributed by atoms with van der Waals surface area (Å²) >= 11 is 14.9. The highest BCUT2D eigenvalue weighted by Gasteiger charge is 2.13. The second-order valence-electron chi connectivity index (χ2n) is 4.93. The number of hydrogen-bond donors (Lipinski definition) is 0. The molecule has 0 aromatic heterocycles. The zero-order valence-electron chi connectivity index (χ0n) is 12.7. The quantitative estimate of drug-likeness (QED) is 0.427. The smallest absolute Gasteiger partial charge is 0.311 e. The number of ether oxygens (including phenoxy) is 2. The van der Waals surface area contributed by atoms with E-state index in [9.17, 15) is 14.0 Å². The van der Waals surface area contributed by atoms with E-state index in [1.54, 1.807) is 12.1 Å². The van der Waals surface area contributed by atoms with E-state index in [-0.39, 0.29) is 40.8 Å². The Labute approximate surface area is 162 Å². The Balaban J connectivity index is 1.78. The highest BCUT2D eigenvalue weighted by atomic mass is 79.9. The fraction of sp³-hybridized carbons (Fsp3) is 0.176. The monoisotopic (exact) mass is 448 g/mol. The van der Waals surface area contributed by atoms with Gasteiger partial charge in [-0.3, -0.25) is 9.59 Å². The third kappa shape index (κ3) is 5.99. The molecule has 4 nitrogen and oxygen atoms in total. The van der Waals surface area contributed by atoms with Gasteiger partial charge in [0, 0.05) is 12.8 Å². The Kier molecular flexibility index (Phi) is 7.23. The van der Waals surface area contributed by atoms with Crippen molar-refractivity contribution in [3.8, 4) is 11.5 Å². The molecule has 2 rings (SSSR count). The lowest BCUT2D eigenvalue weighted by atomic mass is 10.2. The van der Waals surface area contributed by atoms with E-state index in [0.29, 0.717) is 4.47 Å². The zero-order valence-corrected chi connectivity index (χ0v) is 15.8. The molecule has 0 aliphatic carbocycles. The summed E-state index contributed by atoms with van der Waals surface area (Å²) in [6.45, 7) is 0. The van der Waals surface area contributed by atoms with Crippen LogP contribution in [0.3, 0.4) is 0 Å². The molecule has 0 spiro atoms. The van der Waals surface area contributed by atoms with Gasteiger partial charge in [-0.05, 0) is 52.7 Å². The first-order valence-electron chi connectivity index (χ1n) is 7.17. The predicted octanol–water partition coefficient (Wildman–Crippen LogP) is 5.58. The van der Waals surface area contributed by atoms with Crippen LogP contribution in [0.4, 0.5) is 4.39 Å². The van der Waals surface area contributed by atoms with Gasteiger partial charge in [0.2, 0.25) is 0 Å². The number of carbonyl (C=O) groups is 2. The lowest BCUT2D eigenvalue weighted by Gasteiger charge is -2.08. The molecular weight excluding hydrogens is 438 g/mol. The fourth-order valence-corrected chi connectivity index (χ4v) is 2.61. The third-order valence-corrected chi connectivity index (χ3v) is 4.44. The van der Waals surface area contributed by atoms with Crippen molar-refractivity contribution in [2.75, 3.05) is 0 Å². The van der Waals surface area contributed by atoms with E-state index in [4.69, 9.17) is 32.7 Å². The lowest BCUT2D eigenvalue weighted by Crippen LogP contribution is -2.12. The molecule has 25 heavy (non-hydrogen) atoms. The molecule has 0 fully saturated rings. The summed E-state index contributed by atoms with van der Waals surface area (Å²) in [5.41, 5.74) is 0. The molecular formula is C17H12BrCl2FO4. The molecule has 0 bridgehead atoms. The molecule has 0 N–H and O–H groups in total. The van der Waals surface area contributed by atoms with Crippen LogP contribution in [0.25, 0.3) is 0 Å². The second kappa shape index (κ2) is 9.17. The minimum absolute atomic E-state index is 0.00218. The van der Waals surface area contributed by atoms with Crippen molar-refractivity contribution in [2.45, 2.75) is 19.3 Å². The first-order chi connectivity index (χ1) is 11.9. The molecule has 8 heteroatoms. The van der Waals surface area contributed by atoms with Gasteiger partial charge in [-0.15, -0.1) is 0 Å². The van der Waals surface area contributed by atoms with Crippen molar-refractivity contribution in [3.05, 3.63) is 56.7 Å². The van der Waals surface area contributed by atoms with Crippen LogP contribution < -0.4 is 9.47 Å². The maximum absolute atomic E-state index is 13.0. The number of benzene rings is 2. The maximum Gasteiger partial charge on any atom is 0.311 e. The Bertz CT molecular complexity index is 798. The van der Waals surface area contributed by atoms with Crippen LogP contribution >= 0.6 is 39.1 Å². The summed E-state index contributed by atoms with van der Waals surface area (Å²) in [5.74, 6) is -1.16. The van der Waals surface area contributed by atoms with Crippen LogP contribution in [0.5, 0.6) is 11.5 Å². The van der Waals surface area contributed by atoms with Crippen molar-refractivity contribution in [2.24, 2.45) is 0 Å². The average molecular weight is 450 g/mol. The summed E-state index contributed by atoms with van der Waals surface area (Å²) in [6, 6.07) is 8.41. The largest absolute Gasteiger partial charge is 0.425 e. The Hall–Kier alpha value is -1.63. The molecule has 0 aliphatic heterocycles. The Morgan fingerprint density at radius 3 is 2.28 bits per heavy atom. The molecule has 0 aliphatic rings. The molecule has 2 aromatic rings. The van der Waals surface area contributed by atoms with Gasteiger partial charge in [0.05, 0.1) is 9.50 Å². The van der Waals surface area contributed by atoms with Crippen molar-refractivity contribution in [1.82, 2.24) is 0 Å². The second-order valence-corrected chi connectivity index (χ2v) is 6.57. The zero-order chi connectivity index (χ0) is 18.4. The van der Waals surface area contributed by atoms with E-state index >= 15 is 0 Å². The normalized spacial score (nSPS) is 10.4. The van der Waals surface area contributed by atoms with Crippen molar-refractivity contribution >= 4 is 51.1 Å². The van der Waals surface area contributed by atoms with Crippen LogP contribution in [0, 0.1) is 5.82 Å². The molecule has 132 valence electrons. The molecule has 0 atom stereocenters. The summed E-state index contributed by atoms with van der Waals surface area (Å²) in [6.07, 6.45) is 0.236. The first-order valence-corrected chi connectivity index (χ1v) is 8.72. The van der Waals surface area contributed by atoms with E-state index < -0.39 is 17.8 Å². The summed E-state index contributed by atoms with van der Waals surface area (Å²) < 4.78 is 23.5. The van der Waals surface area contributed by atoms with Crippen LogP contribution in [-0.2, 0) is 9.59 Å². The van der Waals surface area contributed by atoms with Gasteiger partial charge in [-0.1, -0.05) is 29.3 Å². The molecule has 0 saturated heterocycles. The molecule has 2 aromatic carbocycles. The average Bonchev–Trinajstić information content (AvgIpc) is 2.54. The number of rotatable bonds is 6. The summed E-state index contributed by atoms with van der Waals surface area (Å²) in [5, 5.41) is 0.429. The van der Waals surface area contributed by atoms with Gasteiger partial charge < -0.3 is 9.47 Å². The Morgan fingerprint density at radius 1 is 1.00 bits per heavy atom. The Morgan fingerprint density at radius 2 is 1.64 bits per heavy atom. The number of halogens is 4. The van der Waals surface area contributed by atoms with Gasteiger partial charge in [0.25, 0.3) is 0 Å². The molecule has 0 unspecified atom stereocenters. The predicted molar refractivity (Wildman–Crippen MR) is 95.7 cm³/mol. The first kappa shape index (κ1) is 19.7. The van der Waals surface area contributed by atoms with E-state index in [1.807, 2.05) is 0 Å². The van der Waals surface area contributed by atoms with Crippen LogP contribution in [0.15, 0.2) is 40.9 Å². The van der Waals surface area contributed by atoms with Gasteiger partial charge in [0.1, 0.15) is 16.6 Å². The SMILES string of the molecule is O=C(CCCC(=O)Oc1cccc(Cl)c1Cl)Oc1ccc(F)cc1Br. The van der Waals surface area contributed by atoms with Gasteiger partial charge in [0.15, 0.2) is 5.75 Å². The van der Waals surface area contributed by atoms with E-state index in [2.05, 4.69) is 15.9 Å². The lowest BCUT2D eigenvalue weighted by molar-refractivity contribution is -0.136. The molecule has 0 saturated carbocycles. The summed E-state index contributed by atoms with van der Waals surface area (Å²) in [7, 11) is 0. The topological polar surface area (TPSA) is 52.6 Å². The number of esters is 2. The van der Waals surface area contributed by atoms with Gasteiger partial charge in [-0.2, -0.15) is 0 Å². The molecule has 0 amide bonds. The van der Waals surface area contributed by atoms with E-state index in [0.717, 1.165) is 0 Å². The highest BCUT2D eigenvalue weighted by molar-refractivity contribution is 9.10. The molecule has 0 radical (unpaired) electrons. The van der Waals surface area contributed by atoms with Gasteiger partial charge >= 0.3 is 11.9 Å². The van der Waals surface area contributed by atoms with Crippen molar-refractivity contribution in [3.63, 3.8) is 0 Å². The maximum atomic E-state index is 13.0. The van der Waals surface area contributed by atoms with Crippen LogP contribution in [0.2, 0.25) is 10.0 Å². The third-order valence-electron chi connectivity index (χ3n) is 3.02. The number of hydrogen-bond acceptors (Lipinski definition) is 4. The fourth-order valence-electron chi connectivity index (χ4n) is 1.85.